The Hall–Kier alpha value is -1.67. The van der Waals surface area contributed by atoms with E-state index in [1.807, 2.05) is 26.0 Å². The third-order valence-corrected chi connectivity index (χ3v) is 3.52. The van der Waals surface area contributed by atoms with Crippen LogP contribution >= 0.6 is 0 Å². The summed E-state index contributed by atoms with van der Waals surface area (Å²) in [4.78, 5) is 4.24. The molecule has 0 aliphatic rings. The molecule has 1 aromatic carbocycles. The van der Waals surface area contributed by atoms with Gasteiger partial charge in [-0.1, -0.05) is 18.2 Å². The summed E-state index contributed by atoms with van der Waals surface area (Å²) < 4.78 is 0. The molecule has 1 N–H and O–H groups in total. The first-order valence-corrected chi connectivity index (χ1v) is 6.18. The fourth-order valence-corrected chi connectivity index (χ4v) is 2.23. The maximum absolute atomic E-state index is 10.5. The molecule has 2 rings (SSSR count). The van der Waals surface area contributed by atoms with Crippen molar-refractivity contribution >= 4 is 0 Å². The van der Waals surface area contributed by atoms with Crippen molar-refractivity contribution in [1.82, 2.24) is 4.98 Å². The minimum Gasteiger partial charge on any atom is -0.384 e. The first-order chi connectivity index (χ1) is 8.50. The molecule has 0 spiro atoms. The van der Waals surface area contributed by atoms with Gasteiger partial charge in [-0.3, -0.25) is 4.98 Å². The molecule has 18 heavy (non-hydrogen) atoms. The van der Waals surface area contributed by atoms with E-state index in [2.05, 4.69) is 31.0 Å². The highest BCUT2D eigenvalue weighted by Crippen LogP contribution is 2.28. The summed E-state index contributed by atoms with van der Waals surface area (Å²) in [5, 5.41) is 10.5. The Labute approximate surface area is 108 Å². The lowest BCUT2D eigenvalue weighted by Gasteiger charge is -2.17. The van der Waals surface area contributed by atoms with Gasteiger partial charge in [-0.2, -0.15) is 0 Å². The van der Waals surface area contributed by atoms with Gasteiger partial charge in [0, 0.05) is 17.5 Å². The maximum Gasteiger partial charge on any atom is 0.106 e. The van der Waals surface area contributed by atoms with Gasteiger partial charge in [0.05, 0.1) is 0 Å². The third-order valence-electron chi connectivity index (χ3n) is 3.52. The Kier molecular flexibility index (Phi) is 3.48. The molecular formula is C16H19NO. The van der Waals surface area contributed by atoms with E-state index < -0.39 is 6.10 Å². The molecule has 2 nitrogen and oxygen atoms in total. The van der Waals surface area contributed by atoms with Crippen LogP contribution in [0.25, 0.3) is 0 Å². The minimum absolute atomic E-state index is 0.599. The van der Waals surface area contributed by atoms with E-state index in [1.165, 1.54) is 11.1 Å². The molecule has 0 bridgehead atoms. The number of pyridine rings is 1. The Bertz CT molecular complexity index is 575. The van der Waals surface area contributed by atoms with Crippen molar-refractivity contribution < 1.29 is 5.11 Å². The van der Waals surface area contributed by atoms with Gasteiger partial charge in [0.15, 0.2) is 0 Å². The van der Waals surface area contributed by atoms with E-state index in [-0.39, 0.29) is 0 Å². The first-order valence-electron chi connectivity index (χ1n) is 6.18. The predicted molar refractivity (Wildman–Crippen MR) is 73.7 cm³/mol. The van der Waals surface area contributed by atoms with E-state index in [1.54, 1.807) is 6.20 Å². The van der Waals surface area contributed by atoms with Gasteiger partial charge in [0.2, 0.25) is 0 Å². The van der Waals surface area contributed by atoms with Crippen LogP contribution in [0.4, 0.5) is 0 Å². The molecule has 2 aromatic rings. The molecule has 1 unspecified atom stereocenters. The second-order valence-electron chi connectivity index (χ2n) is 4.87. The van der Waals surface area contributed by atoms with Crippen LogP contribution in [0.5, 0.6) is 0 Å². The fourth-order valence-electron chi connectivity index (χ4n) is 2.23. The molecule has 0 fully saturated rings. The lowest BCUT2D eigenvalue weighted by molar-refractivity contribution is 0.218. The zero-order valence-corrected chi connectivity index (χ0v) is 11.4. The van der Waals surface area contributed by atoms with Gasteiger partial charge in [0.1, 0.15) is 6.10 Å². The van der Waals surface area contributed by atoms with Crippen LogP contribution < -0.4 is 0 Å². The Morgan fingerprint density at radius 2 is 1.61 bits per heavy atom. The second kappa shape index (κ2) is 4.91. The maximum atomic E-state index is 10.5. The van der Waals surface area contributed by atoms with Crippen molar-refractivity contribution in [3.8, 4) is 0 Å². The number of aromatic nitrogens is 1. The molecule has 0 saturated heterocycles. The van der Waals surface area contributed by atoms with E-state index >= 15 is 0 Å². The zero-order chi connectivity index (χ0) is 13.3. The molecule has 0 radical (unpaired) electrons. The molecule has 0 saturated carbocycles. The molecule has 1 aromatic heterocycles. The topological polar surface area (TPSA) is 33.1 Å². The van der Waals surface area contributed by atoms with Crippen LogP contribution in [0, 0.1) is 27.7 Å². The Balaban J connectivity index is 2.50. The van der Waals surface area contributed by atoms with Crippen LogP contribution in [-0.2, 0) is 0 Å². The van der Waals surface area contributed by atoms with Gasteiger partial charge >= 0.3 is 0 Å². The average molecular weight is 241 g/mol. The summed E-state index contributed by atoms with van der Waals surface area (Å²) in [6.45, 7) is 8.13. The molecular weight excluding hydrogens is 222 g/mol. The van der Waals surface area contributed by atoms with Crippen molar-refractivity contribution in [3.63, 3.8) is 0 Å². The standard InChI is InChI=1S/C16H19NO/c1-10-8-12(3)15(9-11(10)2)16(18)14-6-5-7-17-13(14)4/h5-9,16,18H,1-4H3. The molecule has 94 valence electrons. The van der Waals surface area contributed by atoms with Crippen molar-refractivity contribution in [2.45, 2.75) is 33.8 Å². The fraction of sp³-hybridized carbons (Fsp3) is 0.312. The van der Waals surface area contributed by atoms with Crippen molar-refractivity contribution in [3.05, 3.63) is 64.0 Å². The van der Waals surface area contributed by atoms with Gasteiger partial charge in [0.25, 0.3) is 0 Å². The summed E-state index contributed by atoms with van der Waals surface area (Å²) in [7, 11) is 0. The summed E-state index contributed by atoms with van der Waals surface area (Å²) in [6, 6.07) is 7.99. The van der Waals surface area contributed by atoms with Gasteiger partial charge in [-0.05, 0) is 56.0 Å². The largest absolute Gasteiger partial charge is 0.384 e. The van der Waals surface area contributed by atoms with E-state index in [0.717, 1.165) is 22.4 Å². The molecule has 0 amide bonds. The number of aliphatic hydroxyl groups is 1. The van der Waals surface area contributed by atoms with Gasteiger partial charge in [-0.15, -0.1) is 0 Å². The quantitative estimate of drug-likeness (QED) is 0.874. The number of benzene rings is 1. The smallest absolute Gasteiger partial charge is 0.106 e. The van der Waals surface area contributed by atoms with E-state index in [9.17, 15) is 5.11 Å². The second-order valence-corrected chi connectivity index (χ2v) is 4.87. The number of aliphatic hydroxyl groups excluding tert-OH is 1. The van der Waals surface area contributed by atoms with Crippen LogP contribution in [-0.4, -0.2) is 10.1 Å². The highest BCUT2D eigenvalue weighted by atomic mass is 16.3. The number of hydrogen-bond donors (Lipinski definition) is 1. The van der Waals surface area contributed by atoms with Crippen LogP contribution in [0.3, 0.4) is 0 Å². The highest BCUT2D eigenvalue weighted by Gasteiger charge is 2.16. The summed E-state index contributed by atoms with van der Waals surface area (Å²) in [6.07, 6.45) is 1.15. The Morgan fingerprint density at radius 1 is 0.944 bits per heavy atom. The molecule has 0 aliphatic carbocycles. The SMILES string of the molecule is Cc1cc(C)c(C(O)c2cccnc2C)cc1C. The third kappa shape index (κ3) is 2.29. The molecule has 2 heteroatoms. The normalized spacial score (nSPS) is 12.5. The van der Waals surface area contributed by atoms with Gasteiger partial charge in [-0.25, -0.2) is 0 Å². The summed E-state index contributed by atoms with van der Waals surface area (Å²) >= 11 is 0. The molecule has 1 atom stereocenters. The monoisotopic (exact) mass is 241 g/mol. The zero-order valence-electron chi connectivity index (χ0n) is 11.4. The van der Waals surface area contributed by atoms with E-state index in [0.29, 0.717) is 0 Å². The van der Waals surface area contributed by atoms with Gasteiger partial charge < -0.3 is 5.11 Å². The van der Waals surface area contributed by atoms with Crippen molar-refractivity contribution in [1.29, 1.82) is 0 Å². The summed E-state index contributed by atoms with van der Waals surface area (Å²) in [5.41, 5.74) is 6.30. The lowest BCUT2D eigenvalue weighted by atomic mass is 9.93. The van der Waals surface area contributed by atoms with Crippen LogP contribution in [0.2, 0.25) is 0 Å². The van der Waals surface area contributed by atoms with Crippen LogP contribution in [0.1, 0.15) is 39.6 Å². The van der Waals surface area contributed by atoms with Crippen LogP contribution in [0.15, 0.2) is 30.5 Å². The molecule has 1 heterocycles. The number of hydrogen-bond acceptors (Lipinski definition) is 2. The van der Waals surface area contributed by atoms with Crippen molar-refractivity contribution in [2.24, 2.45) is 0 Å². The number of nitrogens with zero attached hydrogens (tertiary/aromatic N) is 1. The average Bonchev–Trinajstić information content (AvgIpc) is 2.33. The number of rotatable bonds is 2. The predicted octanol–water partition coefficient (Wildman–Crippen LogP) is 3.40. The first kappa shape index (κ1) is 12.8. The summed E-state index contributed by atoms with van der Waals surface area (Å²) in [5.74, 6) is 0. The number of aryl methyl sites for hydroxylation is 4. The molecule has 0 aliphatic heterocycles. The van der Waals surface area contributed by atoms with E-state index in [4.69, 9.17) is 0 Å². The van der Waals surface area contributed by atoms with Crippen molar-refractivity contribution in [2.75, 3.05) is 0 Å². The Morgan fingerprint density at radius 3 is 2.28 bits per heavy atom. The minimum atomic E-state index is -0.599. The lowest BCUT2D eigenvalue weighted by Crippen LogP contribution is -2.06. The highest BCUT2D eigenvalue weighted by molar-refractivity contribution is 5.41.